The third-order valence-corrected chi connectivity index (χ3v) is 3.93. The van der Waals surface area contributed by atoms with Crippen LogP contribution in [0, 0.1) is 0 Å². The minimum Gasteiger partial charge on any atom is -0.496 e. The molecule has 1 atom stereocenters. The Morgan fingerprint density at radius 3 is 2.29 bits per heavy atom. The van der Waals surface area contributed by atoms with E-state index >= 15 is 0 Å². The van der Waals surface area contributed by atoms with Crippen LogP contribution in [0.4, 0.5) is 5.69 Å². The molecule has 1 heterocycles. The fraction of sp³-hybridized carbons (Fsp3) is 0.235. The second kappa shape index (κ2) is 6.29. The van der Waals surface area contributed by atoms with Crippen molar-refractivity contribution >= 4 is 11.6 Å². The molecule has 7 nitrogen and oxygen atoms in total. The van der Waals surface area contributed by atoms with Gasteiger partial charge in [0.15, 0.2) is 17.7 Å². The minimum atomic E-state index is -0.817. The van der Waals surface area contributed by atoms with E-state index in [2.05, 4.69) is 5.32 Å². The van der Waals surface area contributed by atoms with Crippen LogP contribution in [0.3, 0.4) is 0 Å². The Labute approximate surface area is 139 Å². The maximum absolute atomic E-state index is 12.4. The van der Waals surface area contributed by atoms with Gasteiger partial charge in [0.25, 0.3) is 5.91 Å². The number of carbonyl (C=O) groups excluding carboxylic acids is 1. The number of nitrogens with zero attached hydrogens (tertiary/aromatic N) is 1. The molecule has 3 rings (SSSR count). The Bertz CT molecular complexity index is 778. The van der Waals surface area contributed by atoms with Crippen LogP contribution in [-0.4, -0.2) is 37.5 Å². The average molecular weight is 330 g/mol. The van der Waals surface area contributed by atoms with Crippen molar-refractivity contribution in [1.29, 1.82) is 0 Å². The van der Waals surface area contributed by atoms with E-state index in [9.17, 15) is 10.0 Å². The molecule has 0 radical (unpaired) electrons. The van der Waals surface area contributed by atoms with Gasteiger partial charge in [0.05, 0.1) is 26.9 Å². The fourth-order valence-corrected chi connectivity index (χ4v) is 2.72. The van der Waals surface area contributed by atoms with Gasteiger partial charge in [-0.25, -0.2) is 0 Å². The fourth-order valence-electron chi connectivity index (χ4n) is 2.72. The Kier molecular flexibility index (Phi) is 4.18. The maximum atomic E-state index is 12.4. The van der Waals surface area contributed by atoms with Crippen LogP contribution in [0.15, 0.2) is 36.4 Å². The summed E-state index contributed by atoms with van der Waals surface area (Å²) in [5.74, 6) is 0.919. The van der Waals surface area contributed by atoms with Crippen LogP contribution >= 0.6 is 0 Å². The van der Waals surface area contributed by atoms with Crippen molar-refractivity contribution in [3.63, 3.8) is 0 Å². The van der Waals surface area contributed by atoms with Crippen LogP contribution < -0.4 is 19.5 Å². The number of ether oxygens (including phenoxy) is 3. The summed E-state index contributed by atoms with van der Waals surface area (Å²) in [5.41, 5.74) is 1.57. The first-order valence-electron chi connectivity index (χ1n) is 7.28. The summed E-state index contributed by atoms with van der Waals surface area (Å²) in [4.78, 5) is 12.4. The van der Waals surface area contributed by atoms with Gasteiger partial charge >= 0.3 is 0 Å². The van der Waals surface area contributed by atoms with E-state index in [1.165, 1.54) is 21.3 Å². The van der Waals surface area contributed by atoms with Gasteiger partial charge in [-0.15, -0.1) is 0 Å². The lowest BCUT2D eigenvalue weighted by Crippen LogP contribution is -2.40. The lowest BCUT2D eigenvalue weighted by Gasteiger charge is -2.34. The standard InChI is InChI=1S/C17H18N2O5/c1-22-13-9-15(24-3)14(23-2)8-11(13)16-18-12-7-5-4-6-10(12)17(20)19(16)21/h4-9,16,18,21H,1-3H3/t16-/m1/s1. The number of benzene rings is 2. The van der Waals surface area contributed by atoms with Gasteiger partial charge in [-0.3, -0.25) is 10.0 Å². The number of anilines is 1. The zero-order valence-corrected chi connectivity index (χ0v) is 13.6. The molecule has 0 aromatic heterocycles. The summed E-state index contributed by atoms with van der Waals surface area (Å²) in [6.07, 6.45) is -0.817. The van der Waals surface area contributed by atoms with Gasteiger partial charge in [0.2, 0.25) is 0 Å². The molecule has 2 aromatic carbocycles. The number of amides is 1. The predicted octanol–water partition coefficient (Wildman–Crippen LogP) is 2.67. The summed E-state index contributed by atoms with van der Waals surface area (Å²) in [6, 6.07) is 10.3. The van der Waals surface area contributed by atoms with Gasteiger partial charge in [-0.1, -0.05) is 12.1 Å². The molecule has 1 aliphatic heterocycles. The number of rotatable bonds is 4. The summed E-state index contributed by atoms with van der Waals surface area (Å²) in [5, 5.41) is 14.1. The molecule has 0 saturated carbocycles. The zero-order chi connectivity index (χ0) is 17.3. The average Bonchev–Trinajstić information content (AvgIpc) is 2.63. The number of carbonyl (C=O) groups is 1. The normalized spacial score (nSPS) is 16.2. The zero-order valence-electron chi connectivity index (χ0n) is 13.6. The number of nitrogens with one attached hydrogen (secondary N) is 1. The van der Waals surface area contributed by atoms with Crippen LogP contribution in [0.2, 0.25) is 0 Å². The van der Waals surface area contributed by atoms with Gasteiger partial charge < -0.3 is 19.5 Å². The number of hydrogen-bond donors (Lipinski definition) is 2. The third-order valence-electron chi connectivity index (χ3n) is 3.93. The van der Waals surface area contributed by atoms with Crippen LogP contribution in [0.25, 0.3) is 0 Å². The highest BCUT2D eigenvalue weighted by Gasteiger charge is 2.34. The highest BCUT2D eigenvalue weighted by molar-refractivity contribution is 6.01. The second-order valence-electron chi connectivity index (χ2n) is 5.19. The molecule has 0 fully saturated rings. The van der Waals surface area contributed by atoms with E-state index in [0.717, 1.165) is 0 Å². The first-order valence-corrected chi connectivity index (χ1v) is 7.28. The van der Waals surface area contributed by atoms with Crippen molar-refractivity contribution in [2.24, 2.45) is 0 Å². The topological polar surface area (TPSA) is 80.3 Å². The van der Waals surface area contributed by atoms with Crippen molar-refractivity contribution in [2.75, 3.05) is 26.6 Å². The number of fused-ring (bicyclic) bond motifs is 1. The molecule has 0 spiro atoms. The van der Waals surface area contributed by atoms with Crippen LogP contribution in [0.1, 0.15) is 22.1 Å². The Morgan fingerprint density at radius 1 is 1.00 bits per heavy atom. The molecule has 0 aliphatic carbocycles. The first-order chi connectivity index (χ1) is 11.6. The molecule has 24 heavy (non-hydrogen) atoms. The van der Waals surface area contributed by atoms with Gasteiger partial charge in [0.1, 0.15) is 5.75 Å². The highest BCUT2D eigenvalue weighted by Crippen LogP contribution is 2.41. The molecule has 2 aromatic rings. The Balaban J connectivity index is 2.10. The van der Waals surface area contributed by atoms with E-state index in [4.69, 9.17) is 14.2 Å². The second-order valence-corrected chi connectivity index (χ2v) is 5.19. The quantitative estimate of drug-likeness (QED) is 0.839. The molecule has 126 valence electrons. The molecule has 0 saturated heterocycles. The minimum absolute atomic E-state index is 0.399. The van der Waals surface area contributed by atoms with E-state index < -0.39 is 12.1 Å². The molecule has 7 heteroatoms. The van der Waals surface area contributed by atoms with Crippen molar-refractivity contribution in [3.05, 3.63) is 47.5 Å². The smallest absolute Gasteiger partial charge is 0.281 e. The lowest BCUT2D eigenvalue weighted by molar-refractivity contribution is -0.0855. The highest BCUT2D eigenvalue weighted by atomic mass is 16.5. The van der Waals surface area contributed by atoms with Crippen molar-refractivity contribution < 1.29 is 24.2 Å². The van der Waals surface area contributed by atoms with E-state index in [1.54, 1.807) is 30.3 Å². The Hall–Kier alpha value is -2.93. The molecule has 0 bridgehead atoms. The predicted molar refractivity (Wildman–Crippen MR) is 86.9 cm³/mol. The summed E-state index contributed by atoms with van der Waals surface area (Å²) in [6.45, 7) is 0. The van der Waals surface area contributed by atoms with Crippen molar-refractivity contribution in [3.8, 4) is 17.2 Å². The van der Waals surface area contributed by atoms with Crippen molar-refractivity contribution in [2.45, 2.75) is 6.17 Å². The summed E-state index contributed by atoms with van der Waals surface area (Å²) >= 11 is 0. The van der Waals surface area contributed by atoms with Gasteiger partial charge in [-0.2, -0.15) is 5.06 Å². The van der Waals surface area contributed by atoms with E-state index in [0.29, 0.717) is 39.1 Å². The van der Waals surface area contributed by atoms with E-state index in [-0.39, 0.29) is 0 Å². The number of hydrogen-bond acceptors (Lipinski definition) is 6. The van der Waals surface area contributed by atoms with Gasteiger partial charge in [-0.05, 0) is 18.2 Å². The summed E-state index contributed by atoms with van der Waals surface area (Å²) in [7, 11) is 4.54. The maximum Gasteiger partial charge on any atom is 0.281 e. The van der Waals surface area contributed by atoms with E-state index in [1.807, 2.05) is 6.07 Å². The summed E-state index contributed by atoms with van der Waals surface area (Å²) < 4.78 is 15.9. The molecule has 1 aliphatic rings. The van der Waals surface area contributed by atoms with Crippen LogP contribution in [-0.2, 0) is 0 Å². The number of hydroxylamine groups is 2. The molecule has 1 amide bonds. The molecule has 0 unspecified atom stereocenters. The third kappa shape index (κ3) is 2.48. The first kappa shape index (κ1) is 15.9. The molecular weight excluding hydrogens is 312 g/mol. The largest absolute Gasteiger partial charge is 0.496 e. The number of para-hydroxylation sites is 1. The lowest BCUT2D eigenvalue weighted by atomic mass is 10.0. The van der Waals surface area contributed by atoms with Crippen molar-refractivity contribution in [1.82, 2.24) is 5.06 Å². The molecular formula is C17H18N2O5. The molecule has 2 N–H and O–H groups in total. The Morgan fingerprint density at radius 2 is 1.62 bits per heavy atom. The monoisotopic (exact) mass is 330 g/mol. The number of methoxy groups -OCH3 is 3. The van der Waals surface area contributed by atoms with Gasteiger partial charge in [0, 0.05) is 17.3 Å². The van der Waals surface area contributed by atoms with Crippen LogP contribution in [0.5, 0.6) is 17.2 Å². The SMILES string of the molecule is COc1cc(OC)c([C@@H]2Nc3ccccc3C(=O)N2O)cc1OC.